The number of aliphatic imine (C=N–C) groups is 1. The maximum absolute atomic E-state index is 12.2. The lowest BCUT2D eigenvalue weighted by molar-refractivity contribution is -0.274. The van der Waals surface area contributed by atoms with Gasteiger partial charge in [0.15, 0.2) is 5.75 Å². The Bertz CT molecular complexity index is 785. The third-order valence-electron chi connectivity index (χ3n) is 2.94. The van der Waals surface area contributed by atoms with E-state index in [1.54, 1.807) is 31.3 Å². The predicted molar refractivity (Wildman–Crippen MR) is 90.1 cm³/mol. The van der Waals surface area contributed by atoms with E-state index in [1.807, 2.05) is 0 Å². The summed E-state index contributed by atoms with van der Waals surface area (Å²) in [7, 11) is 0. The zero-order valence-electron chi connectivity index (χ0n) is 13.2. The number of nitrogens with two attached hydrogens (primary N) is 2. The monoisotopic (exact) mass is 351 g/mol. The van der Waals surface area contributed by atoms with Gasteiger partial charge >= 0.3 is 6.36 Å². The number of ether oxygens (including phenoxy) is 2. The molecule has 4 N–H and O–H groups in total. The first kappa shape index (κ1) is 18.2. The number of anilines is 1. The summed E-state index contributed by atoms with van der Waals surface area (Å²) in [5.74, 6) is 0.322. The molecule has 25 heavy (non-hydrogen) atoms. The van der Waals surface area contributed by atoms with Gasteiger partial charge in [0.05, 0.1) is 0 Å². The largest absolute Gasteiger partial charge is 0.573 e. The minimum absolute atomic E-state index is 0.308. The van der Waals surface area contributed by atoms with Crippen molar-refractivity contribution in [2.45, 2.75) is 13.3 Å². The van der Waals surface area contributed by atoms with Crippen LogP contribution in [-0.2, 0) is 0 Å². The van der Waals surface area contributed by atoms with E-state index in [0.717, 1.165) is 17.7 Å². The second kappa shape index (κ2) is 7.61. The number of allylic oxidation sites excluding steroid dienone is 1. The summed E-state index contributed by atoms with van der Waals surface area (Å²) in [5.41, 5.74) is 12.8. The molecular formula is C17H16F3N3O2. The Balaban J connectivity index is 2.21. The summed E-state index contributed by atoms with van der Waals surface area (Å²) in [4.78, 5) is 4.25. The summed E-state index contributed by atoms with van der Waals surface area (Å²) in [5, 5.41) is 0. The number of benzene rings is 2. The molecule has 0 radical (unpaired) electrons. The van der Waals surface area contributed by atoms with E-state index < -0.39 is 6.36 Å². The van der Waals surface area contributed by atoms with Gasteiger partial charge in [-0.2, -0.15) is 0 Å². The van der Waals surface area contributed by atoms with Crippen molar-refractivity contribution in [1.29, 1.82) is 0 Å². The first-order valence-electron chi connectivity index (χ1n) is 7.12. The zero-order chi connectivity index (χ0) is 18.4. The van der Waals surface area contributed by atoms with Crippen molar-refractivity contribution in [3.63, 3.8) is 0 Å². The molecule has 0 aliphatic rings. The van der Waals surface area contributed by atoms with Crippen LogP contribution in [0.25, 0.3) is 0 Å². The second-order valence-electron chi connectivity index (χ2n) is 5.02. The Morgan fingerprint density at radius 2 is 1.72 bits per heavy atom. The van der Waals surface area contributed by atoms with Gasteiger partial charge in [-0.1, -0.05) is 0 Å². The molecule has 0 aliphatic heterocycles. The van der Waals surface area contributed by atoms with Crippen molar-refractivity contribution in [2.75, 3.05) is 5.73 Å². The van der Waals surface area contributed by atoms with Crippen LogP contribution < -0.4 is 20.9 Å². The van der Waals surface area contributed by atoms with Crippen LogP contribution in [0.4, 0.5) is 24.5 Å². The molecule has 0 atom stereocenters. The molecule has 132 valence electrons. The lowest BCUT2D eigenvalue weighted by Crippen LogP contribution is -2.16. The van der Waals surface area contributed by atoms with Gasteiger partial charge in [0.25, 0.3) is 0 Å². The highest BCUT2D eigenvalue weighted by Crippen LogP contribution is 2.34. The summed E-state index contributed by atoms with van der Waals surface area (Å²) in [6.45, 7) is 1.78. The molecule has 0 aromatic heterocycles. The highest BCUT2D eigenvalue weighted by molar-refractivity contribution is 5.81. The van der Waals surface area contributed by atoms with Crippen LogP contribution in [0.2, 0.25) is 0 Å². The number of alkyl halides is 3. The first-order valence-corrected chi connectivity index (χ1v) is 7.12. The maximum Gasteiger partial charge on any atom is 0.573 e. The van der Waals surface area contributed by atoms with Crippen molar-refractivity contribution >= 4 is 17.6 Å². The van der Waals surface area contributed by atoms with E-state index >= 15 is 0 Å². The van der Waals surface area contributed by atoms with Crippen molar-refractivity contribution in [2.24, 2.45) is 10.7 Å². The fourth-order valence-corrected chi connectivity index (χ4v) is 1.77. The molecule has 0 spiro atoms. The Morgan fingerprint density at radius 1 is 1.08 bits per heavy atom. The van der Waals surface area contributed by atoms with Gasteiger partial charge in [-0.15, -0.1) is 13.2 Å². The van der Waals surface area contributed by atoms with Crippen molar-refractivity contribution < 1.29 is 22.6 Å². The van der Waals surface area contributed by atoms with Gasteiger partial charge in [0, 0.05) is 18.0 Å². The Labute approximate surface area is 142 Å². The summed E-state index contributed by atoms with van der Waals surface area (Å²) in [6.07, 6.45) is -1.79. The average Bonchev–Trinajstić information content (AvgIpc) is 2.54. The summed E-state index contributed by atoms with van der Waals surface area (Å²) in [6, 6.07) is 9.88. The number of rotatable bonds is 5. The molecule has 2 rings (SSSR count). The predicted octanol–water partition coefficient (Wildman–Crippen LogP) is 4.52. The Hall–Kier alpha value is -3.16. The van der Waals surface area contributed by atoms with Crippen LogP contribution in [0.15, 0.2) is 59.2 Å². The van der Waals surface area contributed by atoms with Crippen LogP contribution in [0, 0.1) is 0 Å². The van der Waals surface area contributed by atoms with Crippen LogP contribution in [0.1, 0.15) is 6.92 Å². The molecule has 0 saturated heterocycles. The molecule has 2 aromatic rings. The average molecular weight is 351 g/mol. The van der Waals surface area contributed by atoms with E-state index in [2.05, 4.69) is 9.73 Å². The number of hydrogen-bond acceptors (Lipinski definition) is 5. The van der Waals surface area contributed by atoms with E-state index in [1.165, 1.54) is 18.3 Å². The van der Waals surface area contributed by atoms with E-state index in [4.69, 9.17) is 16.2 Å². The second-order valence-corrected chi connectivity index (χ2v) is 5.02. The molecule has 0 fully saturated rings. The smallest absolute Gasteiger partial charge is 0.455 e. The molecule has 0 amide bonds. The molecule has 8 heteroatoms. The molecule has 0 saturated carbocycles. The fraction of sp³-hybridized carbons (Fsp3) is 0.118. The fourth-order valence-electron chi connectivity index (χ4n) is 1.77. The highest BCUT2D eigenvalue weighted by atomic mass is 19.4. The van der Waals surface area contributed by atoms with Gasteiger partial charge in [-0.25, -0.2) is 0 Å². The molecule has 5 nitrogen and oxygen atoms in total. The zero-order valence-corrected chi connectivity index (χ0v) is 13.2. The SMILES string of the molecule is C/C(C=Nc1ccc(N)cc1Oc1ccc(OC(F)(F)F)cc1)=C/N. The van der Waals surface area contributed by atoms with Crippen LogP contribution in [0.3, 0.4) is 0 Å². The molecular weight excluding hydrogens is 335 g/mol. The number of halogens is 3. The van der Waals surface area contributed by atoms with Crippen molar-refractivity contribution in [1.82, 2.24) is 0 Å². The third kappa shape index (κ3) is 5.76. The van der Waals surface area contributed by atoms with Gasteiger partial charge in [-0.05, 0) is 55.1 Å². The van der Waals surface area contributed by atoms with E-state index in [0.29, 0.717) is 22.9 Å². The highest BCUT2D eigenvalue weighted by Gasteiger charge is 2.30. The van der Waals surface area contributed by atoms with E-state index in [9.17, 15) is 13.2 Å². The Morgan fingerprint density at radius 3 is 2.32 bits per heavy atom. The molecule has 0 unspecified atom stereocenters. The minimum Gasteiger partial charge on any atom is -0.455 e. The summed E-state index contributed by atoms with van der Waals surface area (Å²) >= 11 is 0. The van der Waals surface area contributed by atoms with E-state index in [-0.39, 0.29) is 5.75 Å². The summed E-state index contributed by atoms with van der Waals surface area (Å²) < 4.78 is 46.0. The molecule has 2 aromatic carbocycles. The topological polar surface area (TPSA) is 82.9 Å². The lowest BCUT2D eigenvalue weighted by Gasteiger charge is -2.11. The normalized spacial score (nSPS) is 12.4. The Kier molecular flexibility index (Phi) is 5.53. The maximum atomic E-state index is 12.2. The van der Waals surface area contributed by atoms with Gasteiger partial charge in [0.2, 0.25) is 0 Å². The quantitative estimate of drug-likeness (QED) is 0.613. The molecule has 0 heterocycles. The van der Waals surface area contributed by atoms with Crippen molar-refractivity contribution in [3.05, 3.63) is 54.2 Å². The standard InChI is InChI=1S/C17H16F3N3O2/c1-11(9-21)10-23-15-7-2-12(22)8-16(15)24-13-3-5-14(6-4-13)25-17(18,19)20/h2-10H,21-22H2,1H3/b11-9-,23-10?. The van der Waals surface area contributed by atoms with Gasteiger partial charge < -0.3 is 20.9 Å². The number of hydrogen-bond donors (Lipinski definition) is 2. The number of nitrogens with zero attached hydrogens (tertiary/aromatic N) is 1. The lowest BCUT2D eigenvalue weighted by atomic mass is 10.2. The van der Waals surface area contributed by atoms with Crippen LogP contribution in [0.5, 0.6) is 17.2 Å². The minimum atomic E-state index is -4.74. The van der Waals surface area contributed by atoms with Gasteiger partial charge in [0.1, 0.15) is 17.2 Å². The van der Waals surface area contributed by atoms with Crippen molar-refractivity contribution in [3.8, 4) is 17.2 Å². The van der Waals surface area contributed by atoms with Crippen LogP contribution in [-0.4, -0.2) is 12.6 Å². The van der Waals surface area contributed by atoms with Gasteiger partial charge in [-0.3, -0.25) is 4.99 Å². The molecule has 0 aliphatic carbocycles. The van der Waals surface area contributed by atoms with Crippen LogP contribution >= 0.6 is 0 Å². The molecule has 0 bridgehead atoms. The first-order chi connectivity index (χ1) is 11.8. The third-order valence-corrected chi connectivity index (χ3v) is 2.94. The number of nitrogen functional groups attached to an aromatic ring is 1.